The van der Waals surface area contributed by atoms with Gasteiger partial charge in [-0.05, 0) is 48.5 Å². The van der Waals surface area contributed by atoms with Crippen molar-refractivity contribution in [2.24, 2.45) is 0 Å². The molecule has 0 atom stereocenters. The summed E-state index contributed by atoms with van der Waals surface area (Å²) in [5.41, 5.74) is -1.13. The highest BCUT2D eigenvalue weighted by Crippen LogP contribution is 2.20. The van der Waals surface area contributed by atoms with Crippen LogP contribution >= 0.6 is 0 Å². The third-order valence-electron chi connectivity index (χ3n) is 3.61. The summed E-state index contributed by atoms with van der Waals surface area (Å²) in [6.45, 7) is 0. The zero-order chi connectivity index (χ0) is 19.1. The molecule has 2 rings (SSSR count). The zero-order valence-electron chi connectivity index (χ0n) is 14.1. The highest BCUT2D eigenvalue weighted by Gasteiger charge is 2.25. The molecule has 0 saturated carbocycles. The van der Waals surface area contributed by atoms with Gasteiger partial charge in [0.2, 0.25) is 11.6 Å². The smallest absolute Gasteiger partial charge is 0.205 e. The van der Waals surface area contributed by atoms with Gasteiger partial charge in [-0.3, -0.25) is 9.59 Å². The van der Waals surface area contributed by atoms with Crippen molar-refractivity contribution in [2.75, 3.05) is 14.2 Å². The summed E-state index contributed by atoms with van der Waals surface area (Å²) < 4.78 is 9.98. The molecule has 0 radical (unpaired) electrons. The molecular weight excluding hydrogens is 336 g/mol. The maximum atomic E-state index is 12.5. The van der Waals surface area contributed by atoms with Gasteiger partial charge in [0.05, 0.1) is 14.2 Å². The maximum absolute atomic E-state index is 12.5. The predicted octanol–water partition coefficient (Wildman–Crippen LogP) is 2.29. The Balaban J connectivity index is 2.36. The highest BCUT2D eigenvalue weighted by atomic mass is 16.5. The molecular formula is C20H14O6. The number of hydrogen-bond donors (Lipinski definition) is 0. The summed E-state index contributed by atoms with van der Waals surface area (Å²) in [7, 11) is 2.93. The molecule has 0 unspecified atom stereocenters. The van der Waals surface area contributed by atoms with Crippen LogP contribution in [0.4, 0.5) is 0 Å². The number of rotatable bonds is 7. The van der Waals surface area contributed by atoms with E-state index in [-0.39, 0.29) is 11.1 Å². The van der Waals surface area contributed by atoms with Crippen LogP contribution in [0, 0.1) is 0 Å². The Kier molecular flexibility index (Phi) is 6.01. The van der Waals surface area contributed by atoms with Crippen LogP contribution in [-0.4, -0.2) is 37.7 Å². The average molecular weight is 350 g/mol. The molecule has 2 aromatic carbocycles. The minimum Gasteiger partial charge on any atom is -0.497 e. The van der Waals surface area contributed by atoms with Crippen molar-refractivity contribution >= 4 is 23.4 Å². The lowest BCUT2D eigenvalue weighted by atomic mass is 9.93. The molecule has 0 amide bonds. The van der Waals surface area contributed by atoms with Crippen molar-refractivity contribution in [1.82, 2.24) is 0 Å². The Morgan fingerprint density at radius 2 is 0.962 bits per heavy atom. The van der Waals surface area contributed by atoms with E-state index in [1.807, 2.05) is 0 Å². The second-order valence-electron chi connectivity index (χ2n) is 5.07. The van der Waals surface area contributed by atoms with Crippen molar-refractivity contribution in [3.8, 4) is 11.5 Å². The maximum Gasteiger partial charge on any atom is 0.205 e. The van der Waals surface area contributed by atoms with Crippen LogP contribution in [0.2, 0.25) is 0 Å². The van der Waals surface area contributed by atoms with Gasteiger partial charge in [-0.2, -0.15) is 0 Å². The fourth-order valence-corrected chi connectivity index (χ4v) is 2.20. The third kappa shape index (κ3) is 3.84. The Hall–Kier alpha value is -3.72. The number of carbonyl (C=O) groups is 2. The first-order valence-electron chi connectivity index (χ1n) is 7.43. The molecule has 0 saturated heterocycles. The molecule has 2 aromatic rings. The number of ketones is 2. The van der Waals surface area contributed by atoms with Crippen molar-refractivity contribution in [2.45, 2.75) is 0 Å². The number of carbonyl (C=O) groups excluding carboxylic acids is 4. The van der Waals surface area contributed by atoms with E-state index in [1.54, 1.807) is 0 Å². The molecule has 0 spiro atoms. The molecule has 6 heteroatoms. The summed E-state index contributed by atoms with van der Waals surface area (Å²) in [5, 5.41) is 0. The van der Waals surface area contributed by atoms with Crippen LogP contribution in [0.3, 0.4) is 0 Å². The van der Waals surface area contributed by atoms with E-state index in [0.717, 1.165) is 0 Å². The Morgan fingerprint density at radius 3 is 1.19 bits per heavy atom. The summed E-state index contributed by atoms with van der Waals surface area (Å²) >= 11 is 0. The van der Waals surface area contributed by atoms with Gasteiger partial charge in [-0.1, -0.05) is 0 Å². The number of allylic oxidation sites excluding steroid dienone is 2. The first kappa shape index (κ1) is 18.6. The minimum atomic E-state index is -0.803. The second-order valence-corrected chi connectivity index (χ2v) is 5.07. The molecule has 0 aliphatic heterocycles. The van der Waals surface area contributed by atoms with E-state index in [2.05, 4.69) is 0 Å². The number of ether oxygens (including phenoxy) is 2. The first-order chi connectivity index (χ1) is 12.5. The van der Waals surface area contributed by atoms with Crippen LogP contribution in [0.5, 0.6) is 11.5 Å². The third-order valence-corrected chi connectivity index (χ3v) is 3.61. The molecule has 0 aliphatic carbocycles. The number of hydrogen-bond acceptors (Lipinski definition) is 6. The molecule has 0 aromatic heterocycles. The quantitative estimate of drug-likeness (QED) is 0.330. The molecule has 130 valence electrons. The Morgan fingerprint density at radius 1 is 0.654 bits per heavy atom. The van der Waals surface area contributed by atoms with E-state index >= 15 is 0 Å². The summed E-state index contributed by atoms with van der Waals surface area (Å²) in [6.07, 6.45) is 0. The van der Waals surface area contributed by atoms with E-state index in [0.29, 0.717) is 11.5 Å². The minimum absolute atomic E-state index is 0.111. The fourth-order valence-electron chi connectivity index (χ4n) is 2.20. The molecule has 0 bridgehead atoms. The van der Waals surface area contributed by atoms with Gasteiger partial charge < -0.3 is 9.47 Å². The van der Waals surface area contributed by atoms with Crippen LogP contribution in [-0.2, 0) is 9.59 Å². The van der Waals surface area contributed by atoms with E-state index in [4.69, 9.17) is 9.47 Å². The molecule has 0 fully saturated rings. The number of benzene rings is 2. The van der Waals surface area contributed by atoms with Gasteiger partial charge in [-0.25, -0.2) is 9.59 Å². The number of methoxy groups -OCH3 is 2. The SMILES string of the molecule is COc1ccc(C(=O)C(=C=O)C(=C=O)C(=O)c2ccc(OC)cc2)cc1. The van der Waals surface area contributed by atoms with Crippen molar-refractivity contribution < 1.29 is 28.7 Å². The standard InChI is InChI=1S/C20H14O6/c1-25-15-7-3-13(4-8-15)19(23)17(11-21)18(12-22)20(24)14-5-9-16(26-2)10-6-14/h3-10H,1-2H3. The summed E-state index contributed by atoms with van der Waals surface area (Å²) in [5.74, 6) is 2.21. The molecule has 0 N–H and O–H groups in total. The van der Waals surface area contributed by atoms with Gasteiger partial charge >= 0.3 is 0 Å². The van der Waals surface area contributed by atoms with Gasteiger partial charge in [0, 0.05) is 11.1 Å². The second kappa shape index (κ2) is 8.40. The van der Waals surface area contributed by atoms with Crippen LogP contribution < -0.4 is 9.47 Å². The first-order valence-corrected chi connectivity index (χ1v) is 7.43. The van der Waals surface area contributed by atoms with E-state index in [9.17, 15) is 19.2 Å². The van der Waals surface area contributed by atoms with Crippen molar-refractivity contribution in [1.29, 1.82) is 0 Å². The monoisotopic (exact) mass is 350 g/mol. The normalized spacial score (nSPS) is 9.46. The molecule has 0 heterocycles. The lowest BCUT2D eigenvalue weighted by molar-refractivity contribution is 0.0999. The fraction of sp³-hybridized carbons (Fsp3) is 0.100. The van der Waals surface area contributed by atoms with Gasteiger partial charge in [-0.15, -0.1) is 0 Å². The Labute approximate surface area is 149 Å². The predicted molar refractivity (Wildman–Crippen MR) is 93.1 cm³/mol. The summed E-state index contributed by atoms with van der Waals surface area (Å²) in [6, 6.07) is 11.7. The van der Waals surface area contributed by atoms with Crippen LogP contribution in [0.15, 0.2) is 59.7 Å². The van der Waals surface area contributed by atoms with E-state index < -0.39 is 22.7 Å². The molecule has 26 heavy (non-hydrogen) atoms. The van der Waals surface area contributed by atoms with Crippen molar-refractivity contribution in [3.63, 3.8) is 0 Å². The van der Waals surface area contributed by atoms with Gasteiger partial charge in [0.1, 0.15) is 34.5 Å². The lowest BCUT2D eigenvalue weighted by Crippen LogP contribution is -2.14. The Bertz CT molecular complexity index is 846. The highest BCUT2D eigenvalue weighted by molar-refractivity contribution is 6.28. The van der Waals surface area contributed by atoms with Crippen LogP contribution in [0.1, 0.15) is 20.7 Å². The van der Waals surface area contributed by atoms with Crippen LogP contribution in [0.25, 0.3) is 0 Å². The van der Waals surface area contributed by atoms with Crippen molar-refractivity contribution in [3.05, 3.63) is 70.8 Å². The van der Waals surface area contributed by atoms with Gasteiger partial charge in [0.15, 0.2) is 0 Å². The lowest BCUT2D eigenvalue weighted by Gasteiger charge is -2.06. The topological polar surface area (TPSA) is 86.7 Å². The van der Waals surface area contributed by atoms with E-state index in [1.165, 1.54) is 74.6 Å². The number of Topliss-reactive ketones (excluding diaryl/α,β-unsaturated/α-hetero) is 2. The van der Waals surface area contributed by atoms with Gasteiger partial charge in [0.25, 0.3) is 0 Å². The molecule has 6 nitrogen and oxygen atoms in total. The molecule has 0 aliphatic rings. The largest absolute Gasteiger partial charge is 0.497 e. The summed E-state index contributed by atoms with van der Waals surface area (Å²) in [4.78, 5) is 47.6. The zero-order valence-corrected chi connectivity index (χ0v) is 14.1. The average Bonchev–Trinajstić information content (AvgIpc) is 2.71.